The van der Waals surface area contributed by atoms with E-state index >= 15 is 0 Å². The molecule has 1 saturated carbocycles. The molecule has 1 N–H and O–H groups in total. The van der Waals surface area contributed by atoms with Crippen LogP contribution in [0.2, 0.25) is 0 Å². The van der Waals surface area contributed by atoms with Gasteiger partial charge in [0.2, 0.25) is 5.91 Å². The highest BCUT2D eigenvalue weighted by atomic mass is 16.3. The van der Waals surface area contributed by atoms with E-state index in [1.54, 1.807) is 0 Å². The van der Waals surface area contributed by atoms with Crippen LogP contribution in [0.4, 0.5) is 0 Å². The largest absolute Gasteiger partial charge is 0.393 e. The number of nitrogens with zero attached hydrogens (tertiary/aromatic N) is 2. The third kappa shape index (κ3) is 4.25. The molecule has 0 aromatic rings. The Kier molecular flexibility index (Phi) is 5.60. The van der Waals surface area contributed by atoms with Crippen molar-refractivity contribution in [2.45, 2.75) is 58.7 Å². The highest BCUT2D eigenvalue weighted by Gasteiger charge is 2.29. The van der Waals surface area contributed by atoms with Crippen molar-refractivity contribution in [3.8, 4) is 0 Å². The van der Waals surface area contributed by atoms with Gasteiger partial charge in [0, 0.05) is 18.6 Å². The van der Waals surface area contributed by atoms with Gasteiger partial charge in [-0.05, 0) is 53.5 Å². The fourth-order valence-corrected chi connectivity index (χ4v) is 2.84. The van der Waals surface area contributed by atoms with Crippen LogP contribution in [0.25, 0.3) is 0 Å². The molecule has 4 heteroatoms. The Labute approximate surface area is 111 Å². The molecule has 1 amide bonds. The van der Waals surface area contributed by atoms with Gasteiger partial charge in [0.15, 0.2) is 0 Å². The van der Waals surface area contributed by atoms with E-state index in [-0.39, 0.29) is 24.1 Å². The maximum Gasteiger partial charge on any atom is 0.237 e. The molecule has 4 nitrogen and oxygen atoms in total. The summed E-state index contributed by atoms with van der Waals surface area (Å²) in [7, 11) is 1.99. The lowest BCUT2D eigenvalue weighted by Gasteiger charge is -2.36. The van der Waals surface area contributed by atoms with Crippen molar-refractivity contribution in [3.63, 3.8) is 0 Å². The standard InChI is InChI=1S/C14H28N2O2/c1-10(2)16(11(3)4)14(18)9-15(5)8-12-6-13(17)7-12/h10-13,17H,6-9H2,1-5H3. The van der Waals surface area contributed by atoms with Crippen molar-refractivity contribution in [2.75, 3.05) is 20.1 Å². The summed E-state index contributed by atoms with van der Waals surface area (Å²) in [5.41, 5.74) is 0. The Morgan fingerprint density at radius 1 is 1.22 bits per heavy atom. The molecule has 0 unspecified atom stereocenters. The monoisotopic (exact) mass is 256 g/mol. The number of likely N-dealkylation sites (N-methyl/N-ethyl adjacent to an activating group) is 1. The average Bonchev–Trinajstić information content (AvgIpc) is 2.13. The maximum atomic E-state index is 12.2. The maximum absolute atomic E-state index is 12.2. The van der Waals surface area contributed by atoms with Gasteiger partial charge in [-0.1, -0.05) is 0 Å². The van der Waals surface area contributed by atoms with E-state index in [4.69, 9.17) is 0 Å². The lowest BCUT2D eigenvalue weighted by atomic mass is 9.82. The van der Waals surface area contributed by atoms with Crippen LogP contribution in [0.15, 0.2) is 0 Å². The van der Waals surface area contributed by atoms with E-state index in [0.29, 0.717) is 12.5 Å². The van der Waals surface area contributed by atoms with Crippen molar-refractivity contribution < 1.29 is 9.90 Å². The molecule has 0 spiro atoms. The van der Waals surface area contributed by atoms with Crippen molar-refractivity contribution in [3.05, 3.63) is 0 Å². The molecule has 1 aliphatic rings. The zero-order chi connectivity index (χ0) is 13.9. The van der Waals surface area contributed by atoms with Gasteiger partial charge in [-0.3, -0.25) is 9.69 Å². The minimum atomic E-state index is -0.109. The van der Waals surface area contributed by atoms with Crippen LogP contribution in [0, 0.1) is 5.92 Å². The molecular weight excluding hydrogens is 228 g/mol. The highest BCUT2D eigenvalue weighted by molar-refractivity contribution is 5.78. The number of amides is 1. The summed E-state index contributed by atoms with van der Waals surface area (Å²) in [6, 6.07) is 0.493. The van der Waals surface area contributed by atoms with Gasteiger partial charge in [-0.2, -0.15) is 0 Å². The van der Waals surface area contributed by atoms with Crippen LogP contribution in [-0.2, 0) is 4.79 Å². The minimum absolute atomic E-state index is 0.109. The van der Waals surface area contributed by atoms with E-state index in [0.717, 1.165) is 19.4 Å². The van der Waals surface area contributed by atoms with Crippen LogP contribution in [-0.4, -0.2) is 59.1 Å². The second kappa shape index (κ2) is 6.53. The Balaban J connectivity index is 2.37. The first-order chi connectivity index (χ1) is 8.31. The molecule has 1 aliphatic carbocycles. The van der Waals surface area contributed by atoms with Gasteiger partial charge < -0.3 is 10.0 Å². The summed E-state index contributed by atoms with van der Waals surface area (Å²) >= 11 is 0. The van der Waals surface area contributed by atoms with Gasteiger partial charge in [0.05, 0.1) is 12.6 Å². The summed E-state index contributed by atoms with van der Waals surface area (Å²) in [5, 5.41) is 9.25. The second-order valence-corrected chi connectivity index (χ2v) is 6.18. The van der Waals surface area contributed by atoms with E-state index < -0.39 is 0 Å². The van der Waals surface area contributed by atoms with Gasteiger partial charge in [-0.25, -0.2) is 0 Å². The lowest BCUT2D eigenvalue weighted by Crippen LogP contribution is -2.47. The van der Waals surface area contributed by atoms with Crippen LogP contribution >= 0.6 is 0 Å². The Morgan fingerprint density at radius 2 is 1.72 bits per heavy atom. The average molecular weight is 256 g/mol. The first-order valence-corrected chi connectivity index (χ1v) is 6.99. The van der Waals surface area contributed by atoms with Crippen molar-refractivity contribution >= 4 is 5.91 Å². The number of hydrogen-bond donors (Lipinski definition) is 1. The van der Waals surface area contributed by atoms with Crippen molar-refractivity contribution in [1.29, 1.82) is 0 Å². The molecule has 18 heavy (non-hydrogen) atoms. The fourth-order valence-electron chi connectivity index (χ4n) is 2.84. The Hall–Kier alpha value is -0.610. The van der Waals surface area contributed by atoms with Gasteiger partial charge in [-0.15, -0.1) is 0 Å². The molecule has 106 valence electrons. The number of aliphatic hydroxyl groups is 1. The summed E-state index contributed by atoms with van der Waals surface area (Å²) < 4.78 is 0. The molecule has 0 saturated heterocycles. The van der Waals surface area contributed by atoms with Gasteiger partial charge >= 0.3 is 0 Å². The molecule has 0 aliphatic heterocycles. The van der Waals surface area contributed by atoms with Crippen molar-refractivity contribution in [2.24, 2.45) is 5.92 Å². The number of aliphatic hydroxyl groups excluding tert-OH is 1. The molecule has 1 rings (SSSR count). The summed E-state index contributed by atoms with van der Waals surface area (Å²) in [6.07, 6.45) is 1.66. The number of carbonyl (C=O) groups excluding carboxylic acids is 1. The zero-order valence-electron chi connectivity index (χ0n) is 12.4. The Bertz CT molecular complexity index is 265. The number of hydrogen-bond acceptors (Lipinski definition) is 3. The topological polar surface area (TPSA) is 43.8 Å². The van der Waals surface area contributed by atoms with Crippen molar-refractivity contribution in [1.82, 2.24) is 9.80 Å². The number of rotatable bonds is 6. The third-order valence-electron chi connectivity index (χ3n) is 3.59. The normalized spacial score (nSPS) is 23.6. The molecule has 0 atom stereocenters. The molecule has 0 aromatic carbocycles. The molecule has 0 heterocycles. The SMILES string of the molecule is CC(C)N(C(=O)CN(C)CC1CC(O)C1)C(C)C. The molecule has 1 fully saturated rings. The number of carbonyl (C=O) groups is 1. The van der Waals surface area contributed by atoms with Gasteiger partial charge in [0.1, 0.15) is 0 Å². The predicted octanol–water partition coefficient (Wildman–Crippen LogP) is 1.33. The van der Waals surface area contributed by atoms with E-state index in [2.05, 4.69) is 32.6 Å². The smallest absolute Gasteiger partial charge is 0.237 e. The molecule has 0 aromatic heterocycles. The molecular formula is C14H28N2O2. The summed E-state index contributed by atoms with van der Waals surface area (Å²) in [4.78, 5) is 16.2. The summed E-state index contributed by atoms with van der Waals surface area (Å²) in [5.74, 6) is 0.756. The van der Waals surface area contributed by atoms with E-state index in [9.17, 15) is 9.90 Å². The third-order valence-corrected chi connectivity index (χ3v) is 3.59. The molecule has 0 bridgehead atoms. The van der Waals surface area contributed by atoms with Crippen LogP contribution in [0.5, 0.6) is 0 Å². The van der Waals surface area contributed by atoms with Gasteiger partial charge in [0.25, 0.3) is 0 Å². The first-order valence-electron chi connectivity index (χ1n) is 6.99. The fraction of sp³-hybridized carbons (Fsp3) is 0.929. The van der Waals surface area contributed by atoms with E-state index in [1.165, 1.54) is 0 Å². The predicted molar refractivity (Wildman–Crippen MR) is 73.3 cm³/mol. The first kappa shape index (κ1) is 15.4. The van der Waals surface area contributed by atoms with Crippen LogP contribution < -0.4 is 0 Å². The van der Waals surface area contributed by atoms with Crippen LogP contribution in [0.3, 0.4) is 0 Å². The highest BCUT2D eigenvalue weighted by Crippen LogP contribution is 2.27. The Morgan fingerprint density at radius 3 is 2.11 bits per heavy atom. The van der Waals surface area contributed by atoms with E-state index in [1.807, 2.05) is 11.9 Å². The second-order valence-electron chi connectivity index (χ2n) is 6.18. The quantitative estimate of drug-likeness (QED) is 0.780. The van der Waals surface area contributed by atoms with Crippen LogP contribution in [0.1, 0.15) is 40.5 Å². The zero-order valence-corrected chi connectivity index (χ0v) is 12.4. The minimum Gasteiger partial charge on any atom is -0.393 e. The lowest BCUT2D eigenvalue weighted by molar-refractivity contribution is -0.136. The molecule has 0 radical (unpaired) electrons. The summed E-state index contributed by atoms with van der Waals surface area (Å²) in [6.45, 7) is 9.61.